The summed E-state index contributed by atoms with van der Waals surface area (Å²) in [6.45, 7) is 3.13. The molecule has 0 unspecified atom stereocenters. The highest BCUT2D eigenvalue weighted by Crippen LogP contribution is 2.20. The Bertz CT molecular complexity index is 884. The number of nitrogens with zero attached hydrogens (tertiary/aromatic N) is 1. The third-order valence-electron chi connectivity index (χ3n) is 3.94. The maximum absolute atomic E-state index is 12.7. The number of para-hydroxylation sites is 1. The zero-order chi connectivity index (χ0) is 20.0. The molecule has 0 aliphatic rings. The van der Waals surface area contributed by atoms with Gasteiger partial charge in [-0.3, -0.25) is 9.52 Å². The molecule has 0 heterocycles. The predicted octanol–water partition coefficient (Wildman–Crippen LogP) is 3.91. The highest BCUT2D eigenvalue weighted by Gasteiger charge is 2.20. The third kappa shape index (κ3) is 5.50. The first-order valence-corrected chi connectivity index (χ1v) is 9.99. The van der Waals surface area contributed by atoms with Crippen molar-refractivity contribution in [2.24, 2.45) is 0 Å². The summed E-state index contributed by atoms with van der Waals surface area (Å²) in [6, 6.07) is 12.2. The molecule has 5 nitrogen and oxygen atoms in total. The Morgan fingerprint density at radius 3 is 2.30 bits per heavy atom. The van der Waals surface area contributed by atoms with Gasteiger partial charge in [0.15, 0.2) is 0 Å². The van der Waals surface area contributed by atoms with Crippen molar-refractivity contribution in [3.05, 3.63) is 59.7 Å². The lowest BCUT2D eigenvalue weighted by Crippen LogP contribution is -2.35. The molecule has 0 radical (unpaired) electrons. The number of sulfonamides is 1. The van der Waals surface area contributed by atoms with Gasteiger partial charge >= 0.3 is 0 Å². The number of halogens is 2. The van der Waals surface area contributed by atoms with Crippen LogP contribution in [0, 0.1) is 6.92 Å². The molecular weight excluding hydrogens is 374 g/mol. The largest absolute Gasteiger partial charge is 0.333 e. The Labute approximate surface area is 158 Å². The van der Waals surface area contributed by atoms with Crippen LogP contribution in [0.25, 0.3) is 0 Å². The molecule has 0 aliphatic heterocycles. The summed E-state index contributed by atoms with van der Waals surface area (Å²) >= 11 is 0. The lowest BCUT2D eigenvalue weighted by molar-refractivity contribution is 0.0555. The quantitative estimate of drug-likeness (QED) is 0.736. The second-order valence-corrected chi connectivity index (χ2v) is 7.77. The normalized spacial score (nSPS) is 11.4. The topological polar surface area (TPSA) is 66.5 Å². The molecule has 0 aromatic heterocycles. The van der Waals surface area contributed by atoms with Crippen molar-refractivity contribution in [3.8, 4) is 0 Å². The minimum atomic E-state index is -3.82. The monoisotopic (exact) mass is 396 g/mol. The van der Waals surface area contributed by atoms with Crippen molar-refractivity contribution >= 4 is 21.6 Å². The number of aryl methyl sites for hydroxylation is 1. The molecular formula is C19H22F2N2O3S. The maximum atomic E-state index is 12.7. The number of hydrogen-bond acceptors (Lipinski definition) is 3. The van der Waals surface area contributed by atoms with Crippen LogP contribution in [0.1, 0.15) is 29.3 Å². The lowest BCUT2D eigenvalue weighted by atomic mass is 10.2. The summed E-state index contributed by atoms with van der Waals surface area (Å²) in [4.78, 5) is 13.4. The number of carbonyl (C=O) groups is 1. The molecule has 0 aliphatic carbocycles. The van der Waals surface area contributed by atoms with E-state index < -0.39 is 28.9 Å². The average Bonchev–Trinajstić information content (AvgIpc) is 2.62. The van der Waals surface area contributed by atoms with E-state index in [1.165, 1.54) is 24.3 Å². The van der Waals surface area contributed by atoms with E-state index in [1.54, 1.807) is 38.1 Å². The van der Waals surface area contributed by atoms with Crippen molar-refractivity contribution in [1.29, 1.82) is 0 Å². The first kappa shape index (κ1) is 20.8. The maximum Gasteiger partial charge on any atom is 0.261 e. The van der Waals surface area contributed by atoms with Crippen molar-refractivity contribution in [2.75, 3.05) is 17.8 Å². The lowest BCUT2D eigenvalue weighted by Gasteiger charge is -2.21. The van der Waals surface area contributed by atoms with Crippen LogP contribution < -0.4 is 4.72 Å². The number of carbonyl (C=O) groups excluding carboxylic acids is 1. The standard InChI is InChI=1S/C19H22F2N2O3S/c1-3-12-23(13-18(20)21)19(24)15-8-10-16(11-9-15)27(25,26)22-17-7-5-4-6-14(17)2/h4-11,18,22H,3,12-13H2,1-2H3. The minimum absolute atomic E-state index is 0.0156. The van der Waals surface area contributed by atoms with Gasteiger partial charge in [0, 0.05) is 12.1 Å². The summed E-state index contributed by atoms with van der Waals surface area (Å²) in [5.74, 6) is -0.548. The van der Waals surface area contributed by atoms with Crippen LogP contribution >= 0.6 is 0 Å². The predicted molar refractivity (Wildman–Crippen MR) is 101 cm³/mol. The first-order valence-electron chi connectivity index (χ1n) is 8.50. The molecule has 0 bridgehead atoms. The van der Waals surface area contributed by atoms with Gasteiger partial charge in [0.25, 0.3) is 22.4 Å². The fraction of sp³-hybridized carbons (Fsp3) is 0.316. The Morgan fingerprint density at radius 1 is 1.11 bits per heavy atom. The van der Waals surface area contributed by atoms with E-state index in [1.807, 2.05) is 0 Å². The molecule has 0 atom stereocenters. The van der Waals surface area contributed by atoms with Gasteiger partial charge in [-0.15, -0.1) is 0 Å². The van der Waals surface area contributed by atoms with E-state index in [0.29, 0.717) is 12.1 Å². The number of alkyl halides is 2. The molecule has 0 spiro atoms. The molecule has 146 valence electrons. The van der Waals surface area contributed by atoms with E-state index >= 15 is 0 Å². The summed E-state index contributed by atoms with van der Waals surface area (Å²) in [5, 5.41) is 0. The fourth-order valence-electron chi connectivity index (χ4n) is 2.56. The van der Waals surface area contributed by atoms with Gasteiger partial charge in [0.05, 0.1) is 17.1 Å². The highest BCUT2D eigenvalue weighted by molar-refractivity contribution is 7.92. The van der Waals surface area contributed by atoms with Gasteiger partial charge in [-0.05, 0) is 49.2 Å². The molecule has 8 heteroatoms. The third-order valence-corrected chi connectivity index (χ3v) is 5.32. The van der Waals surface area contributed by atoms with Crippen molar-refractivity contribution in [3.63, 3.8) is 0 Å². The van der Waals surface area contributed by atoms with Gasteiger partial charge in [-0.1, -0.05) is 25.1 Å². The van der Waals surface area contributed by atoms with Crippen LogP contribution in [-0.2, 0) is 10.0 Å². The first-order chi connectivity index (χ1) is 12.7. The Morgan fingerprint density at radius 2 is 1.74 bits per heavy atom. The number of hydrogen-bond donors (Lipinski definition) is 1. The van der Waals surface area contributed by atoms with Crippen molar-refractivity contribution in [1.82, 2.24) is 4.90 Å². The second kappa shape index (κ2) is 8.94. The molecule has 0 saturated carbocycles. The zero-order valence-electron chi connectivity index (χ0n) is 15.2. The fourth-order valence-corrected chi connectivity index (χ4v) is 3.69. The molecule has 27 heavy (non-hydrogen) atoms. The van der Waals surface area contributed by atoms with Crippen LogP contribution in [-0.4, -0.2) is 38.7 Å². The van der Waals surface area contributed by atoms with Gasteiger partial charge in [-0.2, -0.15) is 0 Å². The van der Waals surface area contributed by atoms with Gasteiger partial charge < -0.3 is 4.90 Å². The summed E-state index contributed by atoms with van der Waals surface area (Å²) < 4.78 is 52.8. The number of amides is 1. The van der Waals surface area contributed by atoms with Gasteiger partial charge in [0.2, 0.25) is 0 Å². The number of nitrogens with one attached hydrogen (secondary N) is 1. The molecule has 2 rings (SSSR count). The Kier molecular flexibility index (Phi) is 6.90. The minimum Gasteiger partial charge on any atom is -0.333 e. The molecule has 0 fully saturated rings. The van der Waals surface area contributed by atoms with E-state index in [4.69, 9.17) is 0 Å². The molecule has 1 amide bonds. The van der Waals surface area contributed by atoms with Crippen molar-refractivity contribution in [2.45, 2.75) is 31.6 Å². The van der Waals surface area contributed by atoms with Crippen LogP contribution in [0.4, 0.5) is 14.5 Å². The van der Waals surface area contributed by atoms with Gasteiger partial charge in [0.1, 0.15) is 0 Å². The molecule has 2 aromatic carbocycles. The van der Waals surface area contributed by atoms with Crippen LogP contribution in [0.3, 0.4) is 0 Å². The molecule has 1 N–H and O–H groups in total. The van der Waals surface area contributed by atoms with E-state index in [9.17, 15) is 22.0 Å². The van der Waals surface area contributed by atoms with E-state index in [-0.39, 0.29) is 17.0 Å². The summed E-state index contributed by atoms with van der Waals surface area (Å²) in [7, 11) is -3.82. The highest BCUT2D eigenvalue weighted by atomic mass is 32.2. The van der Waals surface area contributed by atoms with E-state index in [0.717, 1.165) is 10.5 Å². The number of anilines is 1. The number of benzene rings is 2. The second-order valence-electron chi connectivity index (χ2n) is 6.09. The van der Waals surface area contributed by atoms with Crippen LogP contribution in [0.5, 0.6) is 0 Å². The SMILES string of the molecule is CCCN(CC(F)F)C(=O)c1ccc(S(=O)(=O)Nc2ccccc2C)cc1. The summed E-state index contributed by atoms with van der Waals surface area (Å²) in [6.07, 6.45) is -2.08. The van der Waals surface area contributed by atoms with E-state index in [2.05, 4.69) is 4.72 Å². The average molecular weight is 396 g/mol. The van der Waals surface area contributed by atoms with Gasteiger partial charge in [-0.25, -0.2) is 17.2 Å². The molecule has 2 aromatic rings. The van der Waals surface area contributed by atoms with Crippen molar-refractivity contribution < 1.29 is 22.0 Å². The Balaban J connectivity index is 2.20. The number of rotatable bonds is 8. The molecule has 0 saturated heterocycles. The smallest absolute Gasteiger partial charge is 0.261 e. The van der Waals surface area contributed by atoms with Crippen LogP contribution in [0.2, 0.25) is 0 Å². The summed E-state index contributed by atoms with van der Waals surface area (Å²) in [5.41, 5.74) is 1.40. The Hall–Kier alpha value is -2.48. The van der Waals surface area contributed by atoms with Crippen LogP contribution in [0.15, 0.2) is 53.4 Å². The zero-order valence-corrected chi connectivity index (χ0v) is 16.0.